The first-order valence-corrected chi connectivity index (χ1v) is 11.4. The second kappa shape index (κ2) is 9.60. The number of benzene rings is 2. The molecule has 0 aliphatic carbocycles. The van der Waals surface area contributed by atoms with E-state index in [0.717, 1.165) is 16.3 Å². The van der Waals surface area contributed by atoms with Gasteiger partial charge in [0.05, 0.1) is 17.9 Å². The van der Waals surface area contributed by atoms with Crippen molar-refractivity contribution in [2.45, 2.75) is 76.5 Å². The molecule has 0 spiro atoms. The molecule has 1 N–H and O–H groups in total. The third-order valence-electron chi connectivity index (χ3n) is 5.06. The SMILES string of the molecule is COc1ccc(N[C@@H](C)S(=O)c2c(C(C)C)cc(C(C)C)cc2C(C)C)cc1. The minimum Gasteiger partial charge on any atom is -0.497 e. The lowest BCUT2D eigenvalue weighted by atomic mass is 9.89. The number of hydrogen-bond acceptors (Lipinski definition) is 3. The molecular formula is C24H35NO2S. The molecule has 0 aliphatic rings. The Balaban J connectivity index is 2.43. The molecule has 0 fully saturated rings. The molecule has 0 aromatic heterocycles. The van der Waals surface area contributed by atoms with Crippen LogP contribution in [0.4, 0.5) is 5.69 Å². The smallest absolute Gasteiger partial charge is 0.119 e. The van der Waals surface area contributed by atoms with Crippen molar-refractivity contribution in [2.24, 2.45) is 0 Å². The average Bonchev–Trinajstić information content (AvgIpc) is 2.66. The average molecular weight is 402 g/mol. The van der Waals surface area contributed by atoms with Crippen LogP contribution in [0, 0.1) is 0 Å². The topological polar surface area (TPSA) is 38.3 Å². The van der Waals surface area contributed by atoms with Crippen LogP contribution in [0.3, 0.4) is 0 Å². The molecule has 0 aliphatic heterocycles. The number of rotatable bonds is 8. The number of anilines is 1. The Kier molecular flexibility index (Phi) is 7.70. The molecular weight excluding hydrogens is 366 g/mol. The number of ether oxygens (including phenoxy) is 1. The highest BCUT2D eigenvalue weighted by Gasteiger charge is 2.24. The first kappa shape index (κ1) is 22.5. The Labute approximate surface area is 173 Å². The molecule has 0 heterocycles. The molecule has 2 aromatic carbocycles. The highest BCUT2D eigenvalue weighted by molar-refractivity contribution is 7.85. The van der Waals surface area contributed by atoms with E-state index in [2.05, 4.69) is 59.0 Å². The van der Waals surface area contributed by atoms with Crippen LogP contribution in [0.2, 0.25) is 0 Å². The van der Waals surface area contributed by atoms with Crippen LogP contribution >= 0.6 is 0 Å². The predicted octanol–water partition coefficient (Wildman–Crippen LogP) is 6.63. The van der Waals surface area contributed by atoms with E-state index < -0.39 is 10.8 Å². The summed E-state index contributed by atoms with van der Waals surface area (Å²) in [5.74, 6) is 1.91. The van der Waals surface area contributed by atoms with E-state index in [-0.39, 0.29) is 5.37 Å². The highest BCUT2D eigenvalue weighted by Crippen LogP contribution is 2.35. The van der Waals surface area contributed by atoms with Crippen molar-refractivity contribution < 1.29 is 8.95 Å². The normalized spacial score (nSPS) is 13.8. The fourth-order valence-corrected chi connectivity index (χ4v) is 4.92. The molecule has 2 rings (SSSR count). The Morgan fingerprint density at radius 3 is 1.71 bits per heavy atom. The monoisotopic (exact) mass is 401 g/mol. The van der Waals surface area contributed by atoms with Crippen molar-refractivity contribution in [3.8, 4) is 5.75 Å². The van der Waals surface area contributed by atoms with Crippen molar-refractivity contribution >= 4 is 16.5 Å². The molecule has 0 bridgehead atoms. The van der Waals surface area contributed by atoms with Crippen molar-refractivity contribution in [3.63, 3.8) is 0 Å². The fraction of sp³-hybridized carbons (Fsp3) is 0.500. The van der Waals surface area contributed by atoms with E-state index in [1.165, 1.54) is 16.7 Å². The summed E-state index contributed by atoms with van der Waals surface area (Å²) in [6.07, 6.45) is 0. The summed E-state index contributed by atoms with van der Waals surface area (Å²) in [4.78, 5) is 1.00. The largest absolute Gasteiger partial charge is 0.497 e. The van der Waals surface area contributed by atoms with Crippen LogP contribution in [0.25, 0.3) is 0 Å². The molecule has 4 heteroatoms. The molecule has 0 saturated carbocycles. The van der Waals surface area contributed by atoms with E-state index in [0.29, 0.717) is 17.8 Å². The molecule has 1 unspecified atom stereocenters. The summed E-state index contributed by atoms with van der Waals surface area (Å²) >= 11 is 0. The van der Waals surface area contributed by atoms with E-state index in [9.17, 15) is 4.21 Å². The van der Waals surface area contributed by atoms with Gasteiger partial charge in [-0.05, 0) is 65.6 Å². The van der Waals surface area contributed by atoms with Gasteiger partial charge in [-0.1, -0.05) is 53.7 Å². The summed E-state index contributed by atoms with van der Waals surface area (Å²) in [5, 5.41) is 3.20. The zero-order valence-electron chi connectivity index (χ0n) is 18.5. The Morgan fingerprint density at radius 1 is 0.821 bits per heavy atom. The molecule has 2 atom stereocenters. The van der Waals surface area contributed by atoms with Gasteiger partial charge in [0.1, 0.15) is 11.1 Å². The van der Waals surface area contributed by atoms with E-state index in [4.69, 9.17) is 4.74 Å². The Morgan fingerprint density at radius 2 is 1.32 bits per heavy atom. The molecule has 0 amide bonds. The van der Waals surface area contributed by atoms with Crippen LogP contribution in [-0.4, -0.2) is 16.7 Å². The lowest BCUT2D eigenvalue weighted by Crippen LogP contribution is -2.24. The van der Waals surface area contributed by atoms with Crippen LogP contribution in [0.1, 0.15) is 82.9 Å². The molecule has 0 radical (unpaired) electrons. The Hall–Kier alpha value is -1.81. The first-order valence-electron chi connectivity index (χ1n) is 10.1. The van der Waals surface area contributed by atoms with Gasteiger partial charge in [-0.3, -0.25) is 4.21 Å². The van der Waals surface area contributed by atoms with Crippen LogP contribution in [0.5, 0.6) is 5.75 Å². The van der Waals surface area contributed by atoms with Crippen molar-refractivity contribution in [1.29, 1.82) is 0 Å². The second-order valence-electron chi connectivity index (χ2n) is 8.31. The van der Waals surface area contributed by atoms with E-state index in [1.54, 1.807) is 7.11 Å². The quantitative estimate of drug-likeness (QED) is 0.539. The van der Waals surface area contributed by atoms with Gasteiger partial charge in [0, 0.05) is 10.6 Å². The summed E-state index contributed by atoms with van der Waals surface area (Å²) in [7, 11) is 0.491. The summed E-state index contributed by atoms with van der Waals surface area (Å²) in [6, 6.07) is 12.3. The van der Waals surface area contributed by atoms with Gasteiger partial charge in [-0.2, -0.15) is 0 Å². The van der Waals surface area contributed by atoms with Gasteiger partial charge in [-0.25, -0.2) is 0 Å². The number of methoxy groups -OCH3 is 1. The minimum absolute atomic E-state index is 0.201. The standard InChI is InChI=1S/C24H35NO2S/c1-15(2)19-13-22(16(3)4)24(23(14-19)17(5)6)28(26)18(7)25-20-9-11-21(27-8)12-10-20/h9-18,25H,1-8H3/t18-,28?/m1/s1. The third kappa shape index (κ3) is 5.16. The molecule has 0 saturated heterocycles. The molecule has 154 valence electrons. The van der Waals surface area contributed by atoms with Gasteiger partial charge in [0.25, 0.3) is 0 Å². The predicted molar refractivity (Wildman–Crippen MR) is 121 cm³/mol. The highest BCUT2D eigenvalue weighted by atomic mass is 32.2. The maximum absolute atomic E-state index is 13.6. The fourth-order valence-electron chi connectivity index (χ4n) is 3.27. The zero-order chi connectivity index (χ0) is 21.0. The van der Waals surface area contributed by atoms with E-state index >= 15 is 0 Å². The maximum Gasteiger partial charge on any atom is 0.119 e. The van der Waals surface area contributed by atoms with Crippen molar-refractivity contribution in [2.75, 3.05) is 12.4 Å². The van der Waals surface area contributed by atoms with Gasteiger partial charge in [0.15, 0.2) is 0 Å². The van der Waals surface area contributed by atoms with E-state index in [1.807, 2.05) is 31.2 Å². The second-order valence-corrected chi connectivity index (χ2v) is 10.0. The van der Waals surface area contributed by atoms with Crippen molar-refractivity contribution in [1.82, 2.24) is 0 Å². The van der Waals surface area contributed by atoms with Crippen LogP contribution < -0.4 is 10.1 Å². The molecule has 28 heavy (non-hydrogen) atoms. The summed E-state index contributed by atoms with van der Waals surface area (Å²) < 4.78 is 18.8. The number of hydrogen-bond donors (Lipinski definition) is 1. The van der Waals surface area contributed by atoms with Gasteiger partial charge in [-0.15, -0.1) is 0 Å². The molecule has 3 nitrogen and oxygen atoms in total. The maximum atomic E-state index is 13.6. The molecule has 2 aromatic rings. The lowest BCUT2D eigenvalue weighted by Gasteiger charge is -2.25. The summed E-state index contributed by atoms with van der Waals surface area (Å²) in [5.41, 5.74) is 4.68. The summed E-state index contributed by atoms with van der Waals surface area (Å²) in [6.45, 7) is 15.2. The lowest BCUT2D eigenvalue weighted by molar-refractivity contribution is 0.415. The first-order chi connectivity index (χ1) is 13.1. The van der Waals surface area contributed by atoms with Crippen LogP contribution in [-0.2, 0) is 10.8 Å². The minimum atomic E-state index is -1.16. The third-order valence-corrected chi connectivity index (χ3v) is 6.70. The van der Waals surface area contributed by atoms with Gasteiger partial charge >= 0.3 is 0 Å². The van der Waals surface area contributed by atoms with Crippen LogP contribution in [0.15, 0.2) is 41.3 Å². The Bertz CT molecular complexity index is 781. The number of nitrogens with one attached hydrogen (secondary N) is 1. The van der Waals surface area contributed by atoms with Gasteiger partial charge in [0.2, 0.25) is 0 Å². The zero-order valence-corrected chi connectivity index (χ0v) is 19.3. The van der Waals surface area contributed by atoms with Gasteiger partial charge < -0.3 is 10.1 Å². The van der Waals surface area contributed by atoms with Crippen molar-refractivity contribution in [3.05, 3.63) is 53.1 Å².